The predicted octanol–water partition coefficient (Wildman–Crippen LogP) is 3.68. The summed E-state index contributed by atoms with van der Waals surface area (Å²) >= 11 is 5.93. The number of halogens is 1. The number of nitrogens with one attached hydrogen (secondary N) is 1. The highest BCUT2D eigenvalue weighted by molar-refractivity contribution is 6.29. The van der Waals surface area contributed by atoms with E-state index in [0.717, 1.165) is 23.3 Å². The van der Waals surface area contributed by atoms with Crippen LogP contribution in [0.3, 0.4) is 0 Å². The van der Waals surface area contributed by atoms with Gasteiger partial charge in [-0.1, -0.05) is 17.7 Å². The molecule has 0 bridgehead atoms. The molecule has 1 N–H and O–H groups in total. The van der Waals surface area contributed by atoms with Crippen molar-refractivity contribution < 1.29 is 14.5 Å². The number of aliphatic imine (C=N–C) groups is 1. The van der Waals surface area contributed by atoms with Crippen LogP contribution in [0.25, 0.3) is 0 Å². The standard InChI is InChI=1S/C17H15ClN4O4/c1-9(23)19-13-6-3-10-7-11(4-5-12(10)13)20-17-16(22(24)25)14(26-2)8-15(18)21-17/h4-5,7-8H,3,6H2,1-2H3,(H,20,21). The molecule has 1 aromatic heterocycles. The van der Waals surface area contributed by atoms with Gasteiger partial charge in [0, 0.05) is 18.7 Å². The van der Waals surface area contributed by atoms with Crippen molar-refractivity contribution in [3.63, 3.8) is 0 Å². The number of carbonyl (C=O) groups excluding carboxylic acids is 1. The van der Waals surface area contributed by atoms with Gasteiger partial charge in [-0.3, -0.25) is 14.9 Å². The number of carbonyl (C=O) groups is 1. The second-order valence-corrected chi connectivity index (χ2v) is 6.06. The molecule has 0 atom stereocenters. The first-order valence-corrected chi connectivity index (χ1v) is 8.14. The predicted molar refractivity (Wildman–Crippen MR) is 97.7 cm³/mol. The highest BCUT2D eigenvalue weighted by atomic mass is 35.5. The van der Waals surface area contributed by atoms with E-state index in [9.17, 15) is 14.9 Å². The zero-order valence-electron chi connectivity index (χ0n) is 14.1. The van der Waals surface area contributed by atoms with E-state index in [1.807, 2.05) is 12.1 Å². The van der Waals surface area contributed by atoms with E-state index >= 15 is 0 Å². The Balaban J connectivity index is 1.98. The zero-order valence-corrected chi connectivity index (χ0v) is 14.8. The summed E-state index contributed by atoms with van der Waals surface area (Å²) in [6.45, 7) is 1.41. The second kappa shape index (κ2) is 7.09. The first-order chi connectivity index (χ1) is 12.4. The Morgan fingerprint density at radius 1 is 1.38 bits per heavy atom. The Bertz CT molecular complexity index is 943. The number of aromatic nitrogens is 1. The van der Waals surface area contributed by atoms with Crippen LogP contribution in [-0.2, 0) is 11.2 Å². The number of ether oxygens (including phenoxy) is 1. The van der Waals surface area contributed by atoms with E-state index < -0.39 is 4.92 Å². The van der Waals surface area contributed by atoms with Crippen molar-refractivity contribution in [3.05, 3.63) is 50.7 Å². The molecule has 1 aliphatic rings. The number of hydrogen-bond donors (Lipinski definition) is 1. The van der Waals surface area contributed by atoms with Crippen molar-refractivity contribution in [2.24, 2.45) is 4.99 Å². The number of fused-ring (bicyclic) bond motifs is 1. The lowest BCUT2D eigenvalue weighted by Crippen LogP contribution is -2.03. The zero-order chi connectivity index (χ0) is 18.8. The lowest BCUT2D eigenvalue weighted by atomic mass is 10.1. The van der Waals surface area contributed by atoms with Gasteiger partial charge in [0.05, 0.1) is 17.7 Å². The van der Waals surface area contributed by atoms with Crippen molar-refractivity contribution in [1.29, 1.82) is 0 Å². The van der Waals surface area contributed by atoms with Crippen LogP contribution < -0.4 is 10.1 Å². The van der Waals surface area contributed by atoms with Crippen LogP contribution in [-0.4, -0.2) is 28.6 Å². The highest BCUT2D eigenvalue weighted by Crippen LogP contribution is 2.37. The van der Waals surface area contributed by atoms with E-state index in [1.165, 1.54) is 20.1 Å². The topological polar surface area (TPSA) is 107 Å². The van der Waals surface area contributed by atoms with Gasteiger partial charge in [0.2, 0.25) is 17.5 Å². The Hall–Kier alpha value is -3.00. The molecule has 8 nitrogen and oxygen atoms in total. The minimum Gasteiger partial charge on any atom is -0.490 e. The Kier molecular flexibility index (Phi) is 4.85. The molecule has 0 spiro atoms. The lowest BCUT2D eigenvalue weighted by Gasteiger charge is -2.10. The fourth-order valence-electron chi connectivity index (χ4n) is 2.89. The third-order valence-electron chi connectivity index (χ3n) is 3.93. The molecule has 0 radical (unpaired) electrons. The number of nitrogens with zero attached hydrogens (tertiary/aromatic N) is 3. The van der Waals surface area contributed by atoms with Gasteiger partial charge in [0.1, 0.15) is 5.15 Å². The molecule has 1 heterocycles. The molecule has 1 amide bonds. The number of rotatable bonds is 4. The fraction of sp³-hybridized carbons (Fsp3) is 0.235. The number of hydrogen-bond acceptors (Lipinski definition) is 6. The molecule has 1 aliphatic carbocycles. The quantitative estimate of drug-likeness (QED) is 0.497. The summed E-state index contributed by atoms with van der Waals surface area (Å²) in [5, 5.41) is 14.4. The number of pyridine rings is 1. The van der Waals surface area contributed by atoms with Gasteiger partial charge in [0.25, 0.3) is 0 Å². The van der Waals surface area contributed by atoms with Crippen LogP contribution in [0.15, 0.2) is 29.3 Å². The highest BCUT2D eigenvalue weighted by Gasteiger charge is 2.25. The monoisotopic (exact) mass is 374 g/mol. The number of amides is 1. The minimum atomic E-state index is -0.574. The van der Waals surface area contributed by atoms with Crippen molar-refractivity contribution in [2.75, 3.05) is 12.4 Å². The van der Waals surface area contributed by atoms with Crippen molar-refractivity contribution in [1.82, 2.24) is 4.98 Å². The number of benzene rings is 1. The van der Waals surface area contributed by atoms with Gasteiger partial charge in [-0.15, -0.1) is 0 Å². The average Bonchev–Trinajstić information content (AvgIpc) is 2.95. The summed E-state index contributed by atoms with van der Waals surface area (Å²) in [7, 11) is 1.33. The van der Waals surface area contributed by atoms with Crippen LogP contribution in [0.2, 0.25) is 5.15 Å². The summed E-state index contributed by atoms with van der Waals surface area (Å²) in [6, 6.07) is 6.73. The van der Waals surface area contributed by atoms with Crippen LogP contribution in [0.5, 0.6) is 5.75 Å². The molecule has 3 rings (SSSR count). The summed E-state index contributed by atoms with van der Waals surface area (Å²) in [5.74, 6) is -0.217. The molecular formula is C17H15ClN4O4. The third-order valence-corrected chi connectivity index (χ3v) is 4.13. The van der Waals surface area contributed by atoms with Gasteiger partial charge in [-0.05, 0) is 36.1 Å². The normalized spacial score (nSPS) is 14.2. The molecule has 0 saturated heterocycles. The minimum absolute atomic E-state index is 0.00470. The van der Waals surface area contributed by atoms with Crippen molar-refractivity contribution >= 4 is 40.4 Å². The molecule has 9 heteroatoms. The van der Waals surface area contributed by atoms with E-state index in [-0.39, 0.29) is 28.3 Å². The van der Waals surface area contributed by atoms with E-state index in [4.69, 9.17) is 16.3 Å². The van der Waals surface area contributed by atoms with E-state index in [2.05, 4.69) is 15.3 Å². The Labute approximate surface area is 154 Å². The SMILES string of the molecule is COc1cc(Cl)nc(Nc2ccc3c(c2)CCC3=NC(C)=O)c1[N+](=O)[O-]. The van der Waals surface area contributed by atoms with Crippen molar-refractivity contribution in [2.45, 2.75) is 19.8 Å². The molecule has 1 aromatic carbocycles. The smallest absolute Gasteiger partial charge is 0.353 e. The summed E-state index contributed by atoms with van der Waals surface area (Å²) < 4.78 is 5.04. The Morgan fingerprint density at radius 2 is 2.15 bits per heavy atom. The molecule has 26 heavy (non-hydrogen) atoms. The van der Waals surface area contributed by atoms with Gasteiger partial charge in [-0.2, -0.15) is 0 Å². The maximum atomic E-state index is 11.4. The number of nitro groups is 1. The summed E-state index contributed by atoms with van der Waals surface area (Å²) in [4.78, 5) is 30.1. The largest absolute Gasteiger partial charge is 0.490 e. The maximum Gasteiger partial charge on any atom is 0.353 e. The molecule has 134 valence electrons. The molecular weight excluding hydrogens is 360 g/mol. The van der Waals surface area contributed by atoms with Crippen LogP contribution in [0.1, 0.15) is 24.5 Å². The summed E-state index contributed by atoms with van der Waals surface area (Å²) in [5.41, 5.74) is 3.00. The molecule has 0 aliphatic heterocycles. The summed E-state index contributed by atoms with van der Waals surface area (Å²) in [6.07, 6.45) is 1.42. The van der Waals surface area contributed by atoms with E-state index in [0.29, 0.717) is 12.1 Å². The van der Waals surface area contributed by atoms with Crippen LogP contribution in [0, 0.1) is 10.1 Å². The first kappa shape index (κ1) is 17.8. The number of anilines is 2. The fourth-order valence-corrected chi connectivity index (χ4v) is 3.08. The Morgan fingerprint density at radius 3 is 2.81 bits per heavy atom. The number of aryl methyl sites for hydroxylation is 1. The maximum absolute atomic E-state index is 11.4. The first-order valence-electron chi connectivity index (χ1n) is 7.76. The lowest BCUT2D eigenvalue weighted by molar-refractivity contribution is -0.385. The van der Waals surface area contributed by atoms with Gasteiger partial charge < -0.3 is 10.1 Å². The van der Waals surface area contributed by atoms with Gasteiger partial charge >= 0.3 is 5.69 Å². The van der Waals surface area contributed by atoms with Gasteiger partial charge in [0.15, 0.2) is 0 Å². The van der Waals surface area contributed by atoms with Crippen LogP contribution >= 0.6 is 11.6 Å². The van der Waals surface area contributed by atoms with Crippen LogP contribution in [0.4, 0.5) is 17.2 Å². The second-order valence-electron chi connectivity index (χ2n) is 5.68. The average molecular weight is 375 g/mol. The van der Waals surface area contributed by atoms with Crippen molar-refractivity contribution in [3.8, 4) is 5.75 Å². The molecule has 2 aromatic rings. The number of methoxy groups -OCH3 is 1. The molecule has 0 saturated carbocycles. The molecule has 0 unspecified atom stereocenters. The van der Waals surface area contributed by atoms with Gasteiger partial charge in [-0.25, -0.2) is 9.98 Å². The molecule has 0 fully saturated rings. The van der Waals surface area contributed by atoms with E-state index in [1.54, 1.807) is 6.07 Å². The third kappa shape index (κ3) is 3.50.